The van der Waals surface area contributed by atoms with Gasteiger partial charge in [0.1, 0.15) is 17.0 Å². The maximum Gasteiger partial charge on any atom is 0.263 e. The molecule has 2 aliphatic rings. The molecule has 0 unspecified atom stereocenters. The van der Waals surface area contributed by atoms with E-state index in [4.69, 9.17) is 4.52 Å². The Hall–Kier alpha value is -3.49. The Morgan fingerprint density at radius 3 is 2.77 bits per heavy atom. The summed E-state index contributed by atoms with van der Waals surface area (Å²) in [7, 11) is 1.67. The molecule has 0 saturated carbocycles. The number of carbonyl (C=O) groups is 1. The molecule has 31 heavy (non-hydrogen) atoms. The van der Waals surface area contributed by atoms with Crippen LogP contribution in [0.5, 0.6) is 0 Å². The number of amides is 1. The van der Waals surface area contributed by atoms with Crippen LogP contribution in [-0.4, -0.2) is 50.6 Å². The lowest BCUT2D eigenvalue weighted by atomic mass is 9.83. The Morgan fingerprint density at radius 1 is 1.23 bits per heavy atom. The van der Waals surface area contributed by atoms with Crippen LogP contribution in [0.1, 0.15) is 39.8 Å². The molecule has 0 N–H and O–H groups in total. The van der Waals surface area contributed by atoms with Crippen molar-refractivity contribution >= 4 is 11.9 Å². The molecule has 9 heteroatoms. The topological polar surface area (TPSA) is 97.4 Å². The molecule has 3 aromatic heterocycles. The van der Waals surface area contributed by atoms with E-state index >= 15 is 0 Å². The summed E-state index contributed by atoms with van der Waals surface area (Å²) in [6.07, 6.45) is 4.53. The third-order valence-electron chi connectivity index (χ3n) is 6.09. The number of aromatic nitrogens is 4. The predicted molar refractivity (Wildman–Crippen MR) is 113 cm³/mol. The number of piperidine rings is 1. The molecule has 5 rings (SSSR count). The van der Waals surface area contributed by atoms with Crippen molar-refractivity contribution in [3.05, 3.63) is 69.7 Å². The van der Waals surface area contributed by atoms with E-state index in [9.17, 15) is 9.59 Å². The van der Waals surface area contributed by atoms with Gasteiger partial charge in [0.05, 0.1) is 6.54 Å². The number of fused-ring (bicyclic) bond motifs is 4. The molecular formula is C22H24N6O3. The van der Waals surface area contributed by atoms with Gasteiger partial charge in [-0.25, -0.2) is 9.97 Å². The normalized spacial score (nSPS) is 19.7. The largest absolute Gasteiger partial charge is 0.361 e. The summed E-state index contributed by atoms with van der Waals surface area (Å²) >= 11 is 0. The number of anilines is 1. The summed E-state index contributed by atoms with van der Waals surface area (Å²) < 4.78 is 6.86. The molecule has 1 saturated heterocycles. The maximum atomic E-state index is 13.2. The lowest BCUT2D eigenvalue weighted by Gasteiger charge is -2.42. The van der Waals surface area contributed by atoms with Gasteiger partial charge < -0.3 is 18.9 Å². The quantitative estimate of drug-likeness (QED) is 0.635. The Bertz CT molecular complexity index is 1170. The summed E-state index contributed by atoms with van der Waals surface area (Å²) in [5, 5.41) is 3.93. The van der Waals surface area contributed by atoms with Crippen LogP contribution in [0.15, 0.2) is 46.0 Å². The number of rotatable bonds is 4. The molecule has 0 spiro atoms. The van der Waals surface area contributed by atoms with Gasteiger partial charge in [0.25, 0.3) is 11.5 Å². The van der Waals surface area contributed by atoms with Crippen LogP contribution in [-0.2, 0) is 13.1 Å². The standard InChI is InChI=1S/C22H24N6O3/c1-14-8-17(25-31-14)13-26(2)20(29)18-4-5-19-16-9-15(11-28(19)21(18)30)10-27(12-16)22-23-6-3-7-24-22/h3-8,15-16H,9-13H2,1-2H3/t15-,16+/m0/s1. The second-order valence-corrected chi connectivity index (χ2v) is 8.43. The van der Waals surface area contributed by atoms with Gasteiger partial charge in [-0.15, -0.1) is 0 Å². The van der Waals surface area contributed by atoms with E-state index in [0.29, 0.717) is 23.9 Å². The molecule has 5 heterocycles. The predicted octanol–water partition coefficient (Wildman–Crippen LogP) is 1.83. The fourth-order valence-corrected chi connectivity index (χ4v) is 4.74. The Labute approximate surface area is 179 Å². The zero-order valence-corrected chi connectivity index (χ0v) is 17.6. The van der Waals surface area contributed by atoms with E-state index in [1.54, 1.807) is 43.1 Å². The van der Waals surface area contributed by atoms with Gasteiger partial charge in [0, 0.05) is 56.8 Å². The minimum Gasteiger partial charge on any atom is -0.361 e. The second kappa shape index (κ2) is 7.64. The Morgan fingerprint density at radius 2 is 2.03 bits per heavy atom. The first-order valence-electron chi connectivity index (χ1n) is 10.4. The average molecular weight is 420 g/mol. The molecule has 2 bridgehead atoms. The molecule has 160 valence electrons. The number of pyridine rings is 1. The van der Waals surface area contributed by atoms with Gasteiger partial charge in [0.2, 0.25) is 5.95 Å². The SMILES string of the molecule is Cc1cc(CN(C)C(=O)c2ccc3n(c2=O)C[C@H]2C[C@@H]3CN(c3ncccn3)C2)no1. The van der Waals surface area contributed by atoms with Crippen molar-refractivity contribution < 1.29 is 9.32 Å². The molecule has 2 atom stereocenters. The van der Waals surface area contributed by atoms with Crippen LogP contribution in [0.25, 0.3) is 0 Å². The smallest absolute Gasteiger partial charge is 0.263 e. The first-order valence-corrected chi connectivity index (χ1v) is 10.4. The second-order valence-electron chi connectivity index (χ2n) is 8.43. The summed E-state index contributed by atoms with van der Waals surface area (Å²) in [4.78, 5) is 38.7. The van der Waals surface area contributed by atoms with Crippen molar-refractivity contribution in [3.63, 3.8) is 0 Å². The van der Waals surface area contributed by atoms with Crippen molar-refractivity contribution in [1.29, 1.82) is 0 Å². The first-order chi connectivity index (χ1) is 15.0. The van der Waals surface area contributed by atoms with E-state index in [1.807, 2.05) is 12.1 Å². The highest BCUT2D eigenvalue weighted by atomic mass is 16.5. The van der Waals surface area contributed by atoms with Crippen LogP contribution >= 0.6 is 0 Å². The first kappa shape index (κ1) is 19.5. The van der Waals surface area contributed by atoms with E-state index in [1.165, 1.54) is 4.90 Å². The highest BCUT2D eigenvalue weighted by Crippen LogP contribution is 2.36. The van der Waals surface area contributed by atoms with Gasteiger partial charge in [-0.05, 0) is 37.5 Å². The molecule has 0 aliphatic carbocycles. The minimum atomic E-state index is -0.309. The Balaban J connectivity index is 1.39. The molecule has 9 nitrogen and oxygen atoms in total. The van der Waals surface area contributed by atoms with Crippen molar-refractivity contribution in [1.82, 2.24) is 24.6 Å². The molecule has 0 radical (unpaired) electrons. The van der Waals surface area contributed by atoms with Gasteiger partial charge >= 0.3 is 0 Å². The third kappa shape index (κ3) is 3.60. The Kier molecular flexibility index (Phi) is 4.80. The fourth-order valence-electron chi connectivity index (χ4n) is 4.74. The average Bonchev–Trinajstić information content (AvgIpc) is 3.19. The lowest BCUT2D eigenvalue weighted by molar-refractivity contribution is 0.0779. The summed E-state index contributed by atoms with van der Waals surface area (Å²) in [5.41, 5.74) is 1.61. The van der Waals surface area contributed by atoms with Crippen LogP contribution in [0.3, 0.4) is 0 Å². The van der Waals surface area contributed by atoms with Crippen molar-refractivity contribution in [2.24, 2.45) is 5.92 Å². The summed E-state index contributed by atoms with van der Waals surface area (Å²) in [6.45, 7) is 4.25. The highest BCUT2D eigenvalue weighted by Gasteiger charge is 2.36. The van der Waals surface area contributed by atoms with Crippen LogP contribution in [0.2, 0.25) is 0 Å². The molecule has 1 amide bonds. The molecule has 0 aromatic carbocycles. The number of hydrogen-bond donors (Lipinski definition) is 0. The van der Waals surface area contributed by atoms with Crippen molar-refractivity contribution in [2.45, 2.75) is 32.4 Å². The molecule has 3 aromatic rings. The number of hydrogen-bond acceptors (Lipinski definition) is 7. The zero-order chi connectivity index (χ0) is 21.5. The van der Waals surface area contributed by atoms with E-state index in [-0.39, 0.29) is 29.5 Å². The van der Waals surface area contributed by atoms with Gasteiger partial charge in [-0.1, -0.05) is 5.16 Å². The monoisotopic (exact) mass is 420 g/mol. The van der Waals surface area contributed by atoms with Crippen LogP contribution in [0.4, 0.5) is 5.95 Å². The molecular weight excluding hydrogens is 396 g/mol. The van der Waals surface area contributed by atoms with E-state index < -0.39 is 0 Å². The third-order valence-corrected chi connectivity index (χ3v) is 6.09. The molecule has 1 fully saturated rings. The molecule has 2 aliphatic heterocycles. The zero-order valence-electron chi connectivity index (χ0n) is 17.6. The van der Waals surface area contributed by atoms with Gasteiger partial charge in [-0.2, -0.15) is 0 Å². The van der Waals surface area contributed by atoms with Crippen LogP contribution in [0, 0.1) is 12.8 Å². The number of carbonyl (C=O) groups excluding carboxylic acids is 1. The number of aryl methyl sites for hydroxylation is 1. The van der Waals surface area contributed by atoms with Crippen LogP contribution < -0.4 is 10.5 Å². The minimum absolute atomic E-state index is 0.190. The van der Waals surface area contributed by atoms with Gasteiger partial charge in [-0.3, -0.25) is 9.59 Å². The fraction of sp³-hybridized carbons (Fsp3) is 0.409. The highest BCUT2D eigenvalue weighted by molar-refractivity contribution is 5.93. The maximum absolute atomic E-state index is 13.2. The van der Waals surface area contributed by atoms with Crippen molar-refractivity contribution in [3.8, 4) is 0 Å². The van der Waals surface area contributed by atoms with Gasteiger partial charge in [0.15, 0.2) is 0 Å². The van der Waals surface area contributed by atoms with Crippen molar-refractivity contribution in [2.75, 3.05) is 25.0 Å². The van der Waals surface area contributed by atoms with E-state index in [0.717, 1.165) is 31.2 Å². The summed E-state index contributed by atoms with van der Waals surface area (Å²) in [5.74, 6) is 1.63. The van der Waals surface area contributed by atoms with E-state index in [2.05, 4.69) is 20.0 Å². The number of nitrogens with zero attached hydrogens (tertiary/aromatic N) is 6. The summed E-state index contributed by atoms with van der Waals surface area (Å²) in [6, 6.07) is 7.19. The lowest BCUT2D eigenvalue weighted by Crippen LogP contribution is -2.48.